The van der Waals surface area contributed by atoms with Crippen LogP contribution in [-0.4, -0.2) is 17.6 Å². The zero-order valence-electron chi connectivity index (χ0n) is 10.3. The van der Waals surface area contributed by atoms with E-state index >= 15 is 0 Å². The second-order valence-electron chi connectivity index (χ2n) is 4.84. The molecule has 1 nitrogen and oxygen atoms in total. The third kappa shape index (κ3) is 1.85. The number of benzene rings is 2. The van der Waals surface area contributed by atoms with Gasteiger partial charge >= 0.3 is 0 Å². The molecule has 2 aromatic carbocycles. The number of alkyl halides is 2. The molecular formula is C16H14F2O. The summed E-state index contributed by atoms with van der Waals surface area (Å²) in [4.78, 5) is 0. The minimum atomic E-state index is -2.93. The molecule has 0 aromatic heterocycles. The van der Waals surface area contributed by atoms with Crippen LogP contribution in [0.2, 0.25) is 0 Å². The third-order valence-electron chi connectivity index (χ3n) is 3.70. The van der Waals surface area contributed by atoms with Gasteiger partial charge in [-0.3, -0.25) is 0 Å². The third-order valence-corrected chi connectivity index (χ3v) is 3.70. The molecule has 0 radical (unpaired) electrons. The molecule has 98 valence electrons. The Balaban J connectivity index is 2.20. The summed E-state index contributed by atoms with van der Waals surface area (Å²) < 4.78 is 28.7. The van der Waals surface area contributed by atoms with E-state index in [9.17, 15) is 8.78 Å². The SMILES string of the molecule is OCCC(F)(F)C1c2ccccc2-c2ccccc21. The summed E-state index contributed by atoms with van der Waals surface area (Å²) in [5.74, 6) is -3.88. The highest BCUT2D eigenvalue weighted by molar-refractivity contribution is 5.79. The molecule has 0 amide bonds. The number of fused-ring (bicyclic) bond motifs is 3. The predicted molar refractivity (Wildman–Crippen MR) is 70.4 cm³/mol. The maximum absolute atomic E-state index is 14.3. The highest BCUT2D eigenvalue weighted by Crippen LogP contribution is 2.52. The van der Waals surface area contributed by atoms with E-state index < -0.39 is 24.9 Å². The van der Waals surface area contributed by atoms with Gasteiger partial charge in [-0.2, -0.15) is 0 Å². The zero-order chi connectivity index (χ0) is 13.5. The Bertz CT molecular complexity index is 562. The van der Waals surface area contributed by atoms with Crippen LogP contribution in [0.25, 0.3) is 11.1 Å². The Kier molecular flexibility index (Phi) is 2.86. The van der Waals surface area contributed by atoms with Crippen molar-refractivity contribution in [3.63, 3.8) is 0 Å². The molecule has 0 spiro atoms. The lowest BCUT2D eigenvalue weighted by Crippen LogP contribution is -2.27. The van der Waals surface area contributed by atoms with Gasteiger partial charge in [0.25, 0.3) is 5.92 Å². The topological polar surface area (TPSA) is 20.2 Å². The Morgan fingerprint density at radius 3 is 1.84 bits per heavy atom. The van der Waals surface area contributed by atoms with Crippen molar-refractivity contribution in [2.45, 2.75) is 18.3 Å². The lowest BCUT2D eigenvalue weighted by Gasteiger charge is -2.24. The first-order valence-electron chi connectivity index (χ1n) is 6.32. The minimum Gasteiger partial charge on any atom is -0.396 e. The number of rotatable bonds is 3. The highest BCUT2D eigenvalue weighted by atomic mass is 19.3. The van der Waals surface area contributed by atoms with Gasteiger partial charge in [-0.15, -0.1) is 0 Å². The molecule has 0 bridgehead atoms. The average molecular weight is 260 g/mol. The summed E-state index contributed by atoms with van der Waals surface area (Å²) in [7, 11) is 0. The Labute approximate surface area is 110 Å². The van der Waals surface area contributed by atoms with Crippen molar-refractivity contribution in [2.75, 3.05) is 6.61 Å². The predicted octanol–water partition coefficient (Wildman–Crippen LogP) is 3.82. The molecule has 0 aliphatic heterocycles. The van der Waals surface area contributed by atoms with Gasteiger partial charge in [0.1, 0.15) is 0 Å². The van der Waals surface area contributed by atoms with Crippen LogP contribution in [0.1, 0.15) is 23.5 Å². The minimum absolute atomic E-state index is 0.506. The van der Waals surface area contributed by atoms with Crippen molar-refractivity contribution >= 4 is 0 Å². The lowest BCUT2D eigenvalue weighted by atomic mass is 9.89. The van der Waals surface area contributed by atoms with Gasteiger partial charge in [-0.25, -0.2) is 8.78 Å². The summed E-state index contributed by atoms with van der Waals surface area (Å²) in [6.07, 6.45) is -0.514. The van der Waals surface area contributed by atoms with Gasteiger partial charge in [0.15, 0.2) is 0 Å². The fourth-order valence-electron chi connectivity index (χ4n) is 2.90. The first kappa shape index (κ1) is 12.3. The normalized spacial score (nSPS) is 14.3. The molecule has 1 aliphatic carbocycles. The fraction of sp³-hybridized carbons (Fsp3) is 0.250. The van der Waals surface area contributed by atoms with Crippen LogP contribution >= 0.6 is 0 Å². The van der Waals surface area contributed by atoms with Gasteiger partial charge < -0.3 is 5.11 Å². The van der Waals surface area contributed by atoms with Gasteiger partial charge in [-0.1, -0.05) is 48.5 Å². The molecule has 1 N–H and O–H groups in total. The first-order chi connectivity index (χ1) is 9.15. The maximum Gasteiger partial charge on any atom is 0.261 e. The van der Waals surface area contributed by atoms with Crippen LogP contribution < -0.4 is 0 Å². The summed E-state index contributed by atoms with van der Waals surface area (Å²) in [6.45, 7) is -0.506. The van der Waals surface area contributed by atoms with Crippen LogP contribution in [0.15, 0.2) is 48.5 Å². The van der Waals surface area contributed by atoms with Crippen LogP contribution in [0.4, 0.5) is 8.78 Å². The summed E-state index contributed by atoms with van der Waals surface area (Å²) in [5.41, 5.74) is 3.06. The molecule has 0 saturated carbocycles. The van der Waals surface area contributed by atoms with Crippen molar-refractivity contribution in [1.29, 1.82) is 0 Å². The summed E-state index contributed by atoms with van der Waals surface area (Å²) in [5, 5.41) is 8.88. The number of halogens is 2. The summed E-state index contributed by atoms with van der Waals surface area (Å²) >= 11 is 0. The number of aliphatic hydroxyl groups excluding tert-OH is 1. The van der Waals surface area contributed by atoms with Crippen molar-refractivity contribution < 1.29 is 13.9 Å². The number of aliphatic hydroxyl groups is 1. The molecule has 19 heavy (non-hydrogen) atoms. The Morgan fingerprint density at radius 1 is 0.895 bits per heavy atom. The fourth-order valence-corrected chi connectivity index (χ4v) is 2.90. The largest absolute Gasteiger partial charge is 0.396 e. The molecule has 0 fully saturated rings. The van der Waals surface area contributed by atoms with E-state index in [-0.39, 0.29) is 0 Å². The van der Waals surface area contributed by atoms with E-state index in [1.54, 1.807) is 24.3 Å². The molecule has 3 heteroatoms. The molecular weight excluding hydrogens is 246 g/mol. The first-order valence-corrected chi connectivity index (χ1v) is 6.32. The molecule has 0 saturated heterocycles. The second kappa shape index (κ2) is 4.42. The average Bonchev–Trinajstić information content (AvgIpc) is 2.74. The van der Waals surface area contributed by atoms with Gasteiger partial charge in [-0.05, 0) is 22.3 Å². The van der Waals surface area contributed by atoms with Crippen LogP contribution in [-0.2, 0) is 0 Å². The number of hydrogen-bond donors (Lipinski definition) is 1. The molecule has 2 aromatic rings. The molecule has 0 atom stereocenters. The van der Waals surface area contributed by atoms with Gasteiger partial charge in [0.05, 0.1) is 5.92 Å². The van der Waals surface area contributed by atoms with Crippen LogP contribution in [0.3, 0.4) is 0 Å². The number of hydrogen-bond acceptors (Lipinski definition) is 1. The highest BCUT2D eigenvalue weighted by Gasteiger charge is 2.45. The second-order valence-corrected chi connectivity index (χ2v) is 4.84. The maximum atomic E-state index is 14.3. The smallest absolute Gasteiger partial charge is 0.261 e. The standard InChI is InChI=1S/C16H14F2O/c17-16(18,9-10-19)15-13-7-3-1-5-11(13)12-6-2-4-8-14(12)15/h1-8,15,19H,9-10H2. The molecule has 3 rings (SSSR count). The monoisotopic (exact) mass is 260 g/mol. The van der Waals surface area contributed by atoms with E-state index in [4.69, 9.17) is 5.11 Å². The van der Waals surface area contributed by atoms with Crippen molar-refractivity contribution in [3.05, 3.63) is 59.7 Å². The van der Waals surface area contributed by atoms with Crippen LogP contribution in [0.5, 0.6) is 0 Å². The van der Waals surface area contributed by atoms with Gasteiger partial charge in [0.2, 0.25) is 0 Å². The quantitative estimate of drug-likeness (QED) is 0.889. The van der Waals surface area contributed by atoms with Gasteiger partial charge in [0, 0.05) is 13.0 Å². The Morgan fingerprint density at radius 2 is 1.37 bits per heavy atom. The van der Waals surface area contributed by atoms with E-state index in [0.29, 0.717) is 11.1 Å². The van der Waals surface area contributed by atoms with E-state index in [2.05, 4.69) is 0 Å². The molecule has 1 aliphatic rings. The van der Waals surface area contributed by atoms with E-state index in [1.807, 2.05) is 24.3 Å². The lowest BCUT2D eigenvalue weighted by molar-refractivity contribution is -0.0352. The van der Waals surface area contributed by atoms with E-state index in [1.165, 1.54) is 0 Å². The van der Waals surface area contributed by atoms with Crippen molar-refractivity contribution in [1.82, 2.24) is 0 Å². The molecule has 0 heterocycles. The summed E-state index contributed by atoms with van der Waals surface area (Å²) in [6, 6.07) is 14.6. The van der Waals surface area contributed by atoms with Crippen molar-refractivity contribution in [3.8, 4) is 11.1 Å². The molecule has 0 unspecified atom stereocenters. The van der Waals surface area contributed by atoms with E-state index in [0.717, 1.165) is 11.1 Å². The zero-order valence-corrected chi connectivity index (χ0v) is 10.3. The van der Waals surface area contributed by atoms with Crippen molar-refractivity contribution in [2.24, 2.45) is 0 Å². The Hall–Kier alpha value is -1.74. The van der Waals surface area contributed by atoms with Crippen LogP contribution in [0, 0.1) is 0 Å².